The van der Waals surface area contributed by atoms with E-state index in [0.717, 1.165) is 16.6 Å². The van der Waals surface area contributed by atoms with Crippen molar-refractivity contribution in [3.63, 3.8) is 0 Å². The summed E-state index contributed by atoms with van der Waals surface area (Å²) in [6.07, 6.45) is 0. The second-order valence-corrected chi connectivity index (χ2v) is 5.44. The molecule has 110 valence electrons. The predicted octanol–water partition coefficient (Wildman–Crippen LogP) is 4.62. The SMILES string of the molecule is CC.COC(=O)c1cc2cc(C)n(SI)c2cc1OC. The number of hydrogen-bond acceptors (Lipinski definition) is 4. The van der Waals surface area contributed by atoms with E-state index in [-0.39, 0.29) is 5.97 Å². The lowest BCUT2D eigenvalue weighted by Crippen LogP contribution is -2.04. The zero-order valence-corrected chi connectivity index (χ0v) is 15.2. The van der Waals surface area contributed by atoms with Crippen molar-refractivity contribution in [1.29, 1.82) is 0 Å². The normalized spacial score (nSPS) is 9.90. The van der Waals surface area contributed by atoms with E-state index in [0.29, 0.717) is 11.3 Å². The molecule has 2 rings (SSSR count). The molecule has 20 heavy (non-hydrogen) atoms. The largest absolute Gasteiger partial charge is 0.496 e. The van der Waals surface area contributed by atoms with Gasteiger partial charge in [0.15, 0.2) is 0 Å². The van der Waals surface area contributed by atoms with Gasteiger partial charge in [-0.1, -0.05) is 13.8 Å². The first-order valence-electron chi connectivity index (χ1n) is 6.20. The van der Waals surface area contributed by atoms with Crippen molar-refractivity contribution >= 4 is 47.2 Å². The monoisotopic (exact) mass is 407 g/mol. The number of ether oxygens (including phenoxy) is 2. The summed E-state index contributed by atoms with van der Waals surface area (Å²) < 4.78 is 12.1. The minimum atomic E-state index is -0.388. The van der Waals surface area contributed by atoms with Crippen molar-refractivity contribution in [1.82, 2.24) is 3.97 Å². The Morgan fingerprint density at radius 1 is 1.25 bits per heavy atom. The topological polar surface area (TPSA) is 40.5 Å². The van der Waals surface area contributed by atoms with Gasteiger partial charge in [0.2, 0.25) is 0 Å². The van der Waals surface area contributed by atoms with Crippen molar-refractivity contribution in [2.24, 2.45) is 0 Å². The van der Waals surface area contributed by atoms with E-state index in [1.807, 2.05) is 32.9 Å². The lowest BCUT2D eigenvalue weighted by Gasteiger charge is -2.08. The summed E-state index contributed by atoms with van der Waals surface area (Å²) in [6.45, 7) is 6.02. The number of rotatable bonds is 3. The van der Waals surface area contributed by atoms with Gasteiger partial charge in [-0.2, -0.15) is 0 Å². The summed E-state index contributed by atoms with van der Waals surface area (Å²) in [5.74, 6) is 0.139. The molecule has 0 aliphatic rings. The van der Waals surface area contributed by atoms with Gasteiger partial charge in [0.05, 0.1) is 19.7 Å². The summed E-state index contributed by atoms with van der Waals surface area (Å²) in [7, 11) is 4.50. The molecule has 0 spiro atoms. The summed E-state index contributed by atoms with van der Waals surface area (Å²) >= 11 is 2.22. The third kappa shape index (κ3) is 3.22. The fraction of sp³-hybridized carbons (Fsp3) is 0.357. The molecule has 0 aliphatic carbocycles. The van der Waals surface area contributed by atoms with Gasteiger partial charge in [-0.15, -0.1) is 0 Å². The van der Waals surface area contributed by atoms with Gasteiger partial charge < -0.3 is 9.47 Å². The van der Waals surface area contributed by atoms with E-state index in [9.17, 15) is 4.79 Å². The van der Waals surface area contributed by atoms with Crippen molar-refractivity contribution in [2.45, 2.75) is 20.8 Å². The molecule has 4 nitrogen and oxygen atoms in total. The van der Waals surface area contributed by atoms with Crippen LogP contribution in [0.5, 0.6) is 5.75 Å². The molecule has 0 bridgehead atoms. The lowest BCUT2D eigenvalue weighted by molar-refractivity contribution is 0.0597. The van der Waals surface area contributed by atoms with Crippen LogP contribution in [0.2, 0.25) is 0 Å². The van der Waals surface area contributed by atoms with Crippen LogP contribution in [0, 0.1) is 6.92 Å². The number of fused-ring (bicyclic) bond motifs is 1. The molecule has 0 unspecified atom stereocenters. The number of halogens is 1. The Labute approximate surface area is 135 Å². The highest BCUT2D eigenvalue weighted by atomic mass is 127. The number of benzene rings is 1. The standard InChI is InChI=1S/C12H12INO3S.C2H6/c1-7-4-8-5-9(12(15)17-3)11(16-2)6-10(8)14(7)18-13;1-2/h4-6H,1-3H3;1-2H3. The maximum Gasteiger partial charge on any atom is 0.341 e. The number of esters is 1. The molecule has 0 saturated carbocycles. The average Bonchev–Trinajstić information content (AvgIpc) is 2.81. The molecule has 1 heterocycles. The molecule has 0 saturated heterocycles. The van der Waals surface area contributed by atoms with E-state index in [2.05, 4.69) is 25.2 Å². The van der Waals surface area contributed by atoms with Crippen LogP contribution in [0.15, 0.2) is 18.2 Å². The van der Waals surface area contributed by atoms with Gasteiger partial charge >= 0.3 is 5.97 Å². The molecule has 0 fully saturated rings. The number of aromatic nitrogens is 1. The smallest absolute Gasteiger partial charge is 0.341 e. The first kappa shape index (κ1) is 17.2. The zero-order chi connectivity index (χ0) is 15.3. The second kappa shape index (κ2) is 7.78. The van der Waals surface area contributed by atoms with Crippen molar-refractivity contribution in [3.05, 3.63) is 29.5 Å². The highest BCUT2D eigenvalue weighted by Gasteiger charge is 2.16. The van der Waals surface area contributed by atoms with Gasteiger partial charge in [-0.3, -0.25) is 3.97 Å². The maximum atomic E-state index is 11.7. The van der Waals surface area contributed by atoms with Crippen LogP contribution in [0.4, 0.5) is 0 Å². The van der Waals surface area contributed by atoms with Crippen LogP contribution >= 0.6 is 30.3 Å². The molecule has 6 heteroatoms. The van der Waals surface area contributed by atoms with E-state index in [4.69, 9.17) is 9.47 Å². The maximum absolute atomic E-state index is 11.7. The van der Waals surface area contributed by atoms with Crippen molar-refractivity contribution < 1.29 is 14.3 Å². The van der Waals surface area contributed by atoms with Crippen LogP contribution in [0.3, 0.4) is 0 Å². The Morgan fingerprint density at radius 3 is 2.40 bits per heavy atom. The molecule has 1 aromatic carbocycles. The predicted molar refractivity (Wildman–Crippen MR) is 92.9 cm³/mol. The minimum Gasteiger partial charge on any atom is -0.496 e. The van der Waals surface area contributed by atoms with Gasteiger partial charge in [-0.05, 0) is 19.1 Å². The molecular formula is C14H18INO3S. The second-order valence-electron chi connectivity index (χ2n) is 3.75. The van der Waals surface area contributed by atoms with Gasteiger partial charge in [0, 0.05) is 47.5 Å². The van der Waals surface area contributed by atoms with E-state index in [1.54, 1.807) is 22.3 Å². The Bertz CT molecular complexity index is 610. The number of hydrogen-bond donors (Lipinski definition) is 0. The third-order valence-corrected chi connectivity index (χ3v) is 4.53. The number of nitrogens with zero attached hydrogens (tertiary/aromatic N) is 1. The number of carbonyl (C=O) groups excluding carboxylic acids is 1. The Morgan fingerprint density at radius 2 is 1.90 bits per heavy atom. The van der Waals surface area contributed by atoms with Crippen molar-refractivity contribution in [2.75, 3.05) is 14.2 Å². The molecule has 0 aliphatic heterocycles. The first-order chi connectivity index (χ1) is 9.62. The zero-order valence-electron chi connectivity index (χ0n) is 12.2. The highest BCUT2D eigenvalue weighted by molar-refractivity contribution is 14.2. The fourth-order valence-corrected chi connectivity index (χ4v) is 3.84. The number of aryl methyl sites for hydroxylation is 1. The van der Waals surface area contributed by atoms with Crippen molar-refractivity contribution in [3.8, 4) is 5.75 Å². The number of carbonyl (C=O) groups is 1. The van der Waals surface area contributed by atoms with Crippen LogP contribution in [-0.4, -0.2) is 24.2 Å². The third-order valence-electron chi connectivity index (χ3n) is 2.73. The molecule has 0 amide bonds. The molecule has 0 atom stereocenters. The van der Waals surface area contributed by atoms with Crippen LogP contribution in [-0.2, 0) is 4.74 Å². The van der Waals surface area contributed by atoms with Gasteiger partial charge in [0.1, 0.15) is 11.3 Å². The minimum absolute atomic E-state index is 0.388. The van der Waals surface area contributed by atoms with E-state index in [1.165, 1.54) is 7.11 Å². The number of methoxy groups -OCH3 is 2. The Kier molecular flexibility index (Phi) is 6.67. The summed E-state index contributed by atoms with van der Waals surface area (Å²) in [5.41, 5.74) is 2.59. The summed E-state index contributed by atoms with van der Waals surface area (Å²) in [5, 5.41) is 0.998. The lowest BCUT2D eigenvalue weighted by atomic mass is 10.1. The van der Waals surface area contributed by atoms with Crippen LogP contribution in [0.1, 0.15) is 29.9 Å². The van der Waals surface area contributed by atoms with Gasteiger partial charge in [0.25, 0.3) is 0 Å². The highest BCUT2D eigenvalue weighted by Crippen LogP contribution is 2.33. The average molecular weight is 407 g/mol. The molecule has 0 N–H and O–H groups in total. The summed E-state index contributed by atoms with van der Waals surface area (Å²) in [4.78, 5) is 11.7. The van der Waals surface area contributed by atoms with Crippen LogP contribution < -0.4 is 4.74 Å². The van der Waals surface area contributed by atoms with Crippen LogP contribution in [0.25, 0.3) is 10.9 Å². The molecule has 2 aromatic rings. The van der Waals surface area contributed by atoms with Gasteiger partial charge in [-0.25, -0.2) is 4.79 Å². The first-order valence-corrected chi connectivity index (χ1v) is 9.51. The molecular weight excluding hydrogens is 389 g/mol. The Balaban J connectivity index is 0.000000956. The Hall–Kier alpha value is -0.890. The molecule has 1 aromatic heterocycles. The molecule has 0 radical (unpaired) electrons. The van der Waals surface area contributed by atoms with E-state index >= 15 is 0 Å². The summed E-state index contributed by atoms with van der Waals surface area (Å²) in [6, 6.07) is 5.70. The quantitative estimate of drug-likeness (QED) is 0.550. The van der Waals surface area contributed by atoms with E-state index < -0.39 is 0 Å². The fourth-order valence-electron chi connectivity index (χ4n) is 1.88.